The molecule has 1 aromatic heterocycles. The van der Waals surface area contributed by atoms with Crippen LogP contribution in [0.4, 0.5) is 0 Å². The summed E-state index contributed by atoms with van der Waals surface area (Å²) in [5, 5.41) is 0. The lowest BCUT2D eigenvalue weighted by Gasteiger charge is -2.18. The van der Waals surface area contributed by atoms with Crippen LogP contribution in [0.1, 0.15) is 49.5 Å². The second-order valence-corrected chi connectivity index (χ2v) is 6.47. The summed E-state index contributed by atoms with van der Waals surface area (Å²) >= 11 is 0. The SMILES string of the molecule is CC(C)(C)c1ccc(C(=O)CCC[n+]2ccccc2)cc1. The summed E-state index contributed by atoms with van der Waals surface area (Å²) in [6, 6.07) is 14.1. The van der Waals surface area contributed by atoms with E-state index in [4.69, 9.17) is 0 Å². The second-order valence-electron chi connectivity index (χ2n) is 6.47. The van der Waals surface area contributed by atoms with E-state index >= 15 is 0 Å². The van der Waals surface area contributed by atoms with Gasteiger partial charge in [0.1, 0.15) is 6.54 Å². The number of rotatable bonds is 5. The number of pyridine rings is 1. The molecule has 110 valence electrons. The Kier molecular flexibility index (Phi) is 4.89. The van der Waals surface area contributed by atoms with Crippen molar-refractivity contribution < 1.29 is 9.36 Å². The van der Waals surface area contributed by atoms with Crippen LogP contribution in [-0.2, 0) is 12.0 Å². The Morgan fingerprint density at radius 3 is 2.19 bits per heavy atom. The number of carbonyl (C=O) groups is 1. The highest BCUT2D eigenvalue weighted by atomic mass is 16.1. The molecule has 0 atom stereocenters. The second kappa shape index (κ2) is 6.66. The van der Waals surface area contributed by atoms with E-state index in [1.54, 1.807) is 0 Å². The first-order chi connectivity index (χ1) is 9.97. The fourth-order valence-corrected chi connectivity index (χ4v) is 2.31. The summed E-state index contributed by atoms with van der Waals surface area (Å²) in [4.78, 5) is 12.2. The van der Waals surface area contributed by atoms with E-state index < -0.39 is 0 Å². The van der Waals surface area contributed by atoms with E-state index in [1.807, 2.05) is 42.7 Å². The average Bonchev–Trinajstić information content (AvgIpc) is 2.47. The number of nitrogens with zero attached hydrogens (tertiary/aromatic N) is 1. The van der Waals surface area contributed by atoms with E-state index in [9.17, 15) is 4.79 Å². The van der Waals surface area contributed by atoms with Crippen molar-refractivity contribution in [3.63, 3.8) is 0 Å². The van der Waals surface area contributed by atoms with Gasteiger partial charge in [-0.2, -0.15) is 0 Å². The summed E-state index contributed by atoms with van der Waals surface area (Å²) in [6.45, 7) is 7.43. The standard InChI is InChI=1S/C19H24NO/c1-19(2,3)17-11-9-16(10-12-17)18(21)8-7-15-20-13-5-4-6-14-20/h4-6,9-14H,7-8,15H2,1-3H3/q+1. The summed E-state index contributed by atoms with van der Waals surface area (Å²) < 4.78 is 2.11. The fraction of sp³-hybridized carbons (Fsp3) is 0.368. The van der Waals surface area contributed by atoms with Crippen molar-refractivity contribution in [2.45, 2.75) is 45.6 Å². The molecule has 2 heteroatoms. The lowest BCUT2D eigenvalue weighted by atomic mass is 9.86. The molecule has 0 fully saturated rings. The molecule has 21 heavy (non-hydrogen) atoms. The fourth-order valence-electron chi connectivity index (χ4n) is 2.31. The van der Waals surface area contributed by atoms with Crippen molar-refractivity contribution in [3.8, 4) is 0 Å². The summed E-state index contributed by atoms with van der Waals surface area (Å²) in [6.07, 6.45) is 5.52. The highest BCUT2D eigenvalue weighted by Gasteiger charge is 2.14. The highest BCUT2D eigenvalue weighted by Crippen LogP contribution is 2.22. The first kappa shape index (κ1) is 15.4. The third kappa shape index (κ3) is 4.52. The number of ketones is 1. The van der Waals surface area contributed by atoms with Gasteiger partial charge in [0.25, 0.3) is 0 Å². The monoisotopic (exact) mass is 282 g/mol. The van der Waals surface area contributed by atoms with Crippen LogP contribution in [0, 0.1) is 0 Å². The number of hydrogen-bond acceptors (Lipinski definition) is 1. The molecule has 0 aliphatic rings. The van der Waals surface area contributed by atoms with Crippen molar-refractivity contribution in [1.82, 2.24) is 0 Å². The number of Topliss-reactive ketones (excluding diaryl/α,β-unsaturated/α-hetero) is 1. The first-order valence-corrected chi connectivity index (χ1v) is 7.55. The van der Waals surface area contributed by atoms with Gasteiger partial charge in [-0.15, -0.1) is 0 Å². The Balaban J connectivity index is 1.89. The third-order valence-electron chi connectivity index (χ3n) is 3.67. The zero-order valence-corrected chi connectivity index (χ0v) is 13.2. The molecule has 0 aliphatic heterocycles. The lowest BCUT2D eigenvalue weighted by Crippen LogP contribution is -2.32. The number of hydrogen-bond donors (Lipinski definition) is 0. The Bertz CT molecular complexity index is 579. The van der Waals surface area contributed by atoms with Crippen LogP contribution in [0.25, 0.3) is 0 Å². The minimum atomic E-state index is 0.130. The maximum Gasteiger partial charge on any atom is 0.168 e. The molecule has 2 aromatic rings. The first-order valence-electron chi connectivity index (χ1n) is 7.55. The molecule has 0 saturated heterocycles. The quantitative estimate of drug-likeness (QED) is 0.601. The van der Waals surface area contributed by atoms with Gasteiger partial charge in [-0.1, -0.05) is 51.1 Å². The van der Waals surface area contributed by atoms with E-state index in [0.29, 0.717) is 6.42 Å². The molecule has 0 radical (unpaired) electrons. The van der Waals surface area contributed by atoms with Crippen molar-refractivity contribution in [2.75, 3.05) is 0 Å². The van der Waals surface area contributed by atoms with E-state index in [1.165, 1.54) is 5.56 Å². The van der Waals surface area contributed by atoms with Gasteiger partial charge < -0.3 is 0 Å². The zero-order valence-electron chi connectivity index (χ0n) is 13.2. The van der Waals surface area contributed by atoms with Gasteiger partial charge in [-0.25, -0.2) is 4.57 Å². The van der Waals surface area contributed by atoms with Gasteiger partial charge in [-0.05, 0) is 11.0 Å². The van der Waals surface area contributed by atoms with Gasteiger partial charge in [0.15, 0.2) is 18.2 Å². The molecule has 2 nitrogen and oxygen atoms in total. The van der Waals surface area contributed by atoms with Crippen LogP contribution in [0.2, 0.25) is 0 Å². The van der Waals surface area contributed by atoms with Gasteiger partial charge >= 0.3 is 0 Å². The van der Waals surface area contributed by atoms with Gasteiger partial charge in [0, 0.05) is 30.5 Å². The van der Waals surface area contributed by atoms with E-state index in [2.05, 4.69) is 37.5 Å². The van der Waals surface area contributed by atoms with Crippen LogP contribution < -0.4 is 4.57 Å². The van der Waals surface area contributed by atoms with Crippen molar-refractivity contribution >= 4 is 5.78 Å². The van der Waals surface area contributed by atoms with Crippen LogP contribution in [0.3, 0.4) is 0 Å². The van der Waals surface area contributed by atoms with Crippen molar-refractivity contribution in [1.29, 1.82) is 0 Å². The summed E-state index contributed by atoms with van der Waals surface area (Å²) in [5.74, 6) is 0.229. The molecule has 2 rings (SSSR count). The minimum Gasteiger partial charge on any atom is -0.294 e. The van der Waals surface area contributed by atoms with Gasteiger partial charge in [-0.3, -0.25) is 4.79 Å². The van der Waals surface area contributed by atoms with Crippen LogP contribution in [0.5, 0.6) is 0 Å². The molecule has 0 aliphatic carbocycles. The molecule has 0 bridgehead atoms. The van der Waals surface area contributed by atoms with Crippen LogP contribution in [0.15, 0.2) is 54.9 Å². The maximum absolute atomic E-state index is 12.2. The Labute approximate surface area is 127 Å². The van der Waals surface area contributed by atoms with E-state index in [-0.39, 0.29) is 11.2 Å². The summed E-state index contributed by atoms with van der Waals surface area (Å²) in [7, 11) is 0. The molecule has 1 aromatic carbocycles. The zero-order chi connectivity index (χ0) is 15.3. The summed E-state index contributed by atoms with van der Waals surface area (Å²) in [5.41, 5.74) is 2.21. The molecular formula is C19H24NO+. The number of benzene rings is 1. The molecule has 1 heterocycles. The molecular weight excluding hydrogens is 258 g/mol. The van der Waals surface area contributed by atoms with Gasteiger partial charge in [0.2, 0.25) is 0 Å². The van der Waals surface area contributed by atoms with Crippen molar-refractivity contribution in [2.24, 2.45) is 0 Å². The maximum atomic E-state index is 12.2. The molecule has 0 saturated carbocycles. The smallest absolute Gasteiger partial charge is 0.168 e. The Hall–Kier alpha value is -1.96. The topological polar surface area (TPSA) is 20.9 Å². The number of aromatic nitrogens is 1. The normalized spacial score (nSPS) is 11.4. The predicted molar refractivity (Wildman–Crippen MR) is 85.3 cm³/mol. The van der Waals surface area contributed by atoms with Crippen LogP contribution in [-0.4, -0.2) is 5.78 Å². The average molecular weight is 282 g/mol. The highest BCUT2D eigenvalue weighted by molar-refractivity contribution is 5.96. The molecule has 0 amide bonds. The van der Waals surface area contributed by atoms with Crippen LogP contribution >= 0.6 is 0 Å². The predicted octanol–water partition coefficient (Wildman–Crippen LogP) is 3.93. The number of carbonyl (C=O) groups excluding carboxylic acids is 1. The lowest BCUT2D eigenvalue weighted by molar-refractivity contribution is -0.697. The van der Waals surface area contributed by atoms with E-state index in [0.717, 1.165) is 18.5 Å². The molecule has 0 spiro atoms. The molecule has 0 unspecified atom stereocenters. The third-order valence-corrected chi connectivity index (χ3v) is 3.67. The van der Waals surface area contributed by atoms with Crippen molar-refractivity contribution in [3.05, 3.63) is 66.0 Å². The Morgan fingerprint density at radius 2 is 1.62 bits per heavy atom. The molecule has 0 N–H and O–H groups in total. The number of aryl methyl sites for hydroxylation is 1. The Morgan fingerprint density at radius 1 is 1.00 bits per heavy atom. The largest absolute Gasteiger partial charge is 0.294 e. The minimum absolute atomic E-state index is 0.130. The van der Waals surface area contributed by atoms with Gasteiger partial charge in [0.05, 0.1) is 0 Å².